The Morgan fingerprint density at radius 2 is 2.00 bits per heavy atom. The summed E-state index contributed by atoms with van der Waals surface area (Å²) in [4.78, 5) is 38.6. The zero-order chi connectivity index (χ0) is 29.6. The molecule has 0 aliphatic carbocycles. The van der Waals surface area contributed by atoms with E-state index in [0.29, 0.717) is 36.6 Å². The number of aryl methyl sites for hydroxylation is 1. The molecule has 41 heavy (non-hydrogen) atoms. The number of carbonyl (C=O) groups is 1. The lowest BCUT2D eigenvalue weighted by molar-refractivity contribution is -0.126. The number of aromatic nitrogens is 3. The van der Waals surface area contributed by atoms with Crippen molar-refractivity contribution in [2.75, 3.05) is 29.9 Å². The Morgan fingerprint density at radius 1 is 1.24 bits per heavy atom. The van der Waals surface area contributed by atoms with Crippen LogP contribution in [0.3, 0.4) is 0 Å². The molecule has 3 aromatic rings. The Labute approximate surface area is 236 Å². The first kappa shape index (κ1) is 28.0. The van der Waals surface area contributed by atoms with E-state index in [0.717, 1.165) is 11.6 Å². The van der Waals surface area contributed by atoms with Crippen LogP contribution in [-0.2, 0) is 4.79 Å². The van der Waals surface area contributed by atoms with Gasteiger partial charge in [0.2, 0.25) is 5.91 Å². The van der Waals surface area contributed by atoms with Crippen molar-refractivity contribution >= 4 is 23.6 Å². The lowest BCUT2D eigenvalue weighted by Crippen LogP contribution is -2.54. The molecular weight excluding hydrogens is 530 g/mol. The minimum absolute atomic E-state index is 0.0649. The van der Waals surface area contributed by atoms with Crippen LogP contribution in [-0.4, -0.2) is 56.1 Å². The third kappa shape index (κ3) is 4.85. The number of pyridine rings is 1. The van der Waals surface area contributed by atoms with Crippen LogP contribution in [0.15, 0.2) is 53.7 Å². The number of hydrogen-bond acceptors (Lipinski definition) is 7. The van der Waals surface area contributed by atoms with E-state index in [1.807, 2.05) is 32.6 Å². The molecule has 1 fully saturated rings. The maximum absolute atomic E-state index is 15.9. The van der Waals surface area contributed by atoms with Gasteiger partial charge >= 0.3 is 5.69 Å². The highest BCUT2D eigenvalue weighted by Crippen LogP contribution is 2.43. The van der Waals surface area contributed by atoms with Gasteiger partial charge in [-0.25, -0.2) is 18.1 Å². The second kappa shape index (κ2) is 10.8. The molecule has 2 aliphatic heterocycles. The summed E-state index contributed by atoms with van der Waals surface area (Å²) in [7, 11) is 0. The van der Waals surface area contributed by atoms with Crippen LogP contribution >= 0.6 is 0 Å². The number of phenols is 1. The van der Waals surface area contributed by atoms with Crippen LogP contribution in [0.25, 0.3) is 11.8 Å². The van der Waals surface area contributed by atoms with E-state index in [9.17, 15) is 19.1 Å². The van der Waals surface area contributed by atoms with Gasteiger partial charge in [0.15, 0.2) is 0 Å². The van der Waals surface area contributed by atoms with E-state index in [4.69, 9.17) is 0 Å². The standard InChI is InChI=1S/C30H32F2N6O3/c1-6-23(40)36-12-13-37(18(5)15-36)28-19-14-21(32)26(24-20(31)8-7-9-22(24)39)34-29(19)38(30(41)35-28)27-17(4)10-11-33-25(27)16(2)3/h6-11,14,16,18,26,34,39H,1,12-13,15H2,2-5H3. The van der Waals surface area contributed by atoms with Gasteiger partial charge in [0.25, 0.3) is 0 Å². The lowest BCUT2D eigenvalue weighted by atomic mass is 9.98. The Balaban J connectivity index is 1.75. The van der Waals surface area contributed by atoms with E-state index in [1.54, 1.807) is 17.2 Å². The third-order valence-electron chi connectivity index (χ3n) is 7.58. The van der Waals surface area contributed by atoms with Gasteiger partial charge in [0.05, 0.1) is 22.5 Å². The summed E-state index contributed by atoms with van der Waals surface area (Å²) in [5.41, 5.74) is 1.26. The smallest absolute Gasteiger partial charge is 0.355 e. The summed E-state index contributed by atoms with van der Waals surface area (Å²) in [6.45, 7) is 12.2. The number of amides is 1. The minimum atomic E-state index is -1.40. The minimum Gasteiger partial charge on any atom is -0.507 e. The number of piperazine rings is 1. The van der Waals surface area contributed by atoms with Gasteiger partial charge in [-0.05, 0) is 55.7 Å². The number of hydrogen-bond donors (Lipinski definition) is 2. The van der Waals surface area contributed by atoms with Crippen LogP contribution in [0.2, 0.25) is 0 Å². The maximum atomic E-state index is 15.9. The van der Waals surface area contributed by atoms with Crippen molar-refractivity contribution in [1.82, 2.24) is 19.4 Å². The SMILES string of the molecule is C=CC(=O)N1CCN(c2nc(=O)n(-c3c(C)ccnc3C(C)C)c3c2C=C(F)C(c2c(O)cccc2F)N3)C(C)C1. The zero-order valence-corrected chi connectivity index (χ0v) is 23.4. The number of rotatable bonds is 5. The average molecular weight is 563 g/mol. The second-order valence-corrected chi connectivity index (χ2v) is 10.6. The number of nitrogens with one attached hydrogen (secondary N) is 1. The Hall–Kier alpha value is -4.54. The molecule has 2 atom stereocenters. The van der Waals surface area contributed by atoms with Gasteiger partial charge in [-0.1, -0.05) is 26.5 Å². The summed E-state index contributed by atoms with van der Waals surface area (Å²) < 4.78 is 32.2. The highest BCUT2D eigenvalue weighted by Gasteiger charge is 2.36. The molecule has 214 valence electrons. The van der Waals surface area contributed by atoms with E-state index >= 15 is 4.39 Å². The summed E-state index contributed by atoms with van der Waals surface area (Å²) in [5.74, 6) is -1.80. The van der Waals surface area contributed by atoms with E-state index in [-0.39, 0.29) is 35.1 Å². The summed E-state index contributed by atoms with van der Waals surface area (Å²) in [5, 5.41) is 13.5. The number of fused-ring (bicyclic) bond motifs is 1. The van der Waals surface area contributed by atoms with Gasteiger partial charge in [0.1, 0.15) is 35.1 Å². The first-order valence-corrected chi connectivity index (χ1v) is 13.4. The van der Waals surface area contributed by atoms with Crippen LogP contribution < -0.4 is 15.9 Å². The zero-order valence-electron chi connectivity index (χ0n) is 23.4. The van der Waals surface area contributed by atoms with Crippen molar-refractivity contribution in [3.8, 4) is 11.4 Å². The van der Waals surface area contributed by atoms with Gasteiger partial charge in [-0.2, -0.15) is 4.98 Å². The molecule has 4 heterocycles. The fourth-order valence-corrected chi connectivity index (χ4v) is 5.56. The fourth-order valence-electron chi connectivity index (χ4n) is 5.56. The molecule has 2 unspecified atom stereocenters. The van der Waals surface area contributed by atoms with Crippen LogP contribution in [0.5, 0.6) is 5.75 Å². The Kier molecular flexibility index (Phi) is 7.37. The predicted octanol–water partition coefficient (Wildman–Crippen LogP) is 4.60. The van der Waals surface area contributed by atoms with Crippen LogP contribution in [0.1, 0.15) is 55.1 Å². The number of phenolic OH excluding ortho intramolecular Hbond substituents is 1. The number of halogens is 2. The maximum Gasteiger partial charge on any atom is 0.355 e. The molecule has 0 spiro atoms. The summed E-state index contributed by atoms with van der Waals surface area (Å²) in [6.07, 6.45) is 4.15. The average Bonchev–Trinajstić information content (AvgIpc) is 2.93. The molecule has 0 radical (unpaired) electrons. The molecular formula is C30H32F2N6O3. The normalized spacial score (nSPS) is 18.6. The molecule has 0 saturated carbocycles. The highest BCUT2D eigenvalue weighted by atomic mass is 19.1. The number of benzene rings is 1. The van der Waals surface area contributed by atoms with Crippen LogP contribution in [0.4, 0.5) is 20.4 Å². The van der Waals surface area contributed by atoms with Crippen molar-refractivity contribution in [2.45, 2.75) is 45.7 Å². The summed E-state index contributed by atoms with van der Waals surface area (Å²) >= 11 is 0. The first-order chi connectivity index (χ1) is 19.5. The van der Waals surface area contributed by atoms with Crippen molar-refractivity contribution in [3.63, 3.8) is 0 Å². The molecule has 1 saturated heterocycles. The Morgan fingerprint density at radius 3 is 2.66 bits per heavy atom. The largest absolute Gasteiger partial charge is 0.507 e. The van der Waals surface area contributed by atoms with Crippen molar-refractivity contribution < 1.29 is 18.7 Å². The van der Waals surface area contributed by atoms with Crippen molar-refractivity contribution in [2.24, 2.45) is 0 Å². The lowest BCUT2D eigenvalue weighted by Gasteiger charge is -2.41. The van der Waals surface area contributed by atoms with Gasteiger partial charge in [-0.3, -0.25) is 9.78 Å². The van der Waals surface area contributed by atoms with E-state index < -0.39 is 29.1 Å². The number of carbonyl (C=O) groups excluding carboxylic acids is 1. The molecule has 11 heteroatoms. The summed E-state index contributed by atoms with van der Waals surface area (Å²) in [6, 6.07) is 3.86. The topological polar surface area (TPSA) is 104 Å². The van der Waals surface area contributed by atoms with Crippen molar-refractivity contribution in [3.05, 3.63) is 87.6 Å². The molecule has 9 nitrogen and oxygen atoms in total. The van der Waals surface area contributed by atoms with Gasteiger partial charge < -0.3 is 20.2 Å². The quantitative estimate of drug-likeness (QED) is 0.438. The molecule has 2 N–H and O–H groups in total. The van der Waals surface area contributed by atoms with Gasteiger partial charge in [-0.15, -0.1) is 0 Å². The van der Waals surface area contributed by atoms with Gasteiger partial charge in [0, 0.05) is 31.9 Å². The highest BCUT2D eigenvalue weighted by molar-refractivity contribution is 5.87. The molecule has 1 amide bonds. The van der Waals surface area contributed by atoms with E-state index in [1.165, 1.54) is 28.9 Å². The van der Waals surface area contributed by atoms with Crippen molar-refractivity contribution in [1.29, 1.82) is 0 Å². The predicted molar refractivity (Wildman–Crippen MR) is 154 cm³/mol. The second-order valence-electron chi connectivity index (χ2n) is 10.6. The molecule has 0 bridgehead atoms. The third-order valence-corrected chi connectivity index (χ3v) is 7.58. The first-order valence-electron chi connectivity index (χ1n) is 13.4. The number of anilines is 2. The van der Waals surface area contributed by atoms with Crippen LogP contribution in [0, 0.1) is 12.7 Å². The molecule has 2 aromatic heterocycles. The molecule has 5 rings (SSSR count). The Bertz CT molecular complexity index is 1610. The monoisotopic (exact) mass is 562 g/mol. The number of nitrogens with zero attached hydrogens (tertiary/aromatic N) is 5. The number of aromatic hydroxyl groups is 1. The molecule has 2 aliphatic rings. The fraction of sp³-hybridized carbons (Fsp3) is 0.333. The molecule has 1 aromatic carbocycles. The van der Waals surface area contributed by atoms with E-state index in [2.05, 4.69) is 21.9 Å².